The zero-order valence-corrected chi connectivity index (χ0v) is 13.7. The smallest absolute Gasteiger partial charge is 0.0625 e. The van der Waals surface area contributed by atoms with Gasteiger partial charge in [0.15, 0.2) is 0 Å². The minimum Gasteiger partial charge on any atom is -0.117 e. The summed E-state index contributed by atoms with van der Waals surface area (Å²) in [6.07, 6.45) is 6.02. The maximum atomic E-state index is 6.71. The number of halogens is 1. The van der Waals surface area contributed by atoms with Crippen LogP contribution < -0.4 is 0 Å². The largest absolute Gasteiger partial charge is 0.117 e. The molecule has 0 fully saturated rings. The lowest BCUT2D eigenvalue weighted by Crippen LogP contribution is -2.05. The molecule has 0 aromatic heterocycles. The van der Waals surface area contributed by atoms with Gasteiger partial charge >= 0.3 is 0 Å². The SMILES string of the molecule is Cc1ccc(C)c(CC(Cl)c2ccc3c(c2)CCCC3)c1. The van der Waals surface area contributed by atoms with Crippen LogP contribution in [0.15, 0.2) is 36.4 Å². The van der Waals surface area contributed by atoms with Gasteiger partial charge < -0.3 is 0 Å². The summed E-state index contributed by atoms with van der Waals surface area (Å²) in [4.78, 5) is 0. The third kappa shape index (κ3) is 3.32. The Morgan fingerprint density at radius 2 is 1.71 bits per heavy atom. The maximum absolute atomic E-state index is 6.71. The highest BCUT2D eigenvalue weighted by Crippen LogP contribution is 2.30. The van der Waals surface area contributed by atoms with E-state index in [9.17, 15) is 0 Å². The molecular formula is C20H23Cl. The summed E-state index contributed by atoms with van der Waals surface area (Å²) in [5.74, 6) is 0. The fourth-order valence-corrected chi connectivity index (χ4v) is 3.58. The molecule has 110 valence electrons. The van der Waals surface area contributed by atoms with Crippen LogP contribution in [-0.4, -0.2) is 0 Å². The first kappa shape index (κ1) is 14.7. The van der Waals surface area contributed by atoms with Crippen LogP contribution in [0.25, 0.3) is 0 Å². The van der Waals surface area contributed by atoms with Crippen molar-refractivity contribution in [2.24, 2.45) is 0 Å². The molecule has 0 bridgehead atoms. The molecule has 21 heavy (non-hydrogen) atoms. The monoisotopic (exact) mass is 298 g/mol. The van der Waals surface area contributed by atoms with Crippen molar-refractivity contribution in [3.63, 3.8) is 0 Å². The molecule has 0 aliphatic heterocycles. The molecule has 0 saturated heterocycles. The number of hydrogen-bond acceptors (Lipinski definition) is 0. The van der Waals surface area contributed by atoms with Gasteiger partial charge in [0, 0.05) is 0 Å². The average Bonchev–Trinajstić information content (AvgIpc) is 2.50. The molecule has 0 nitrogen and oxygen atoms in total. The number of benzene rings is 2. The Balaban J connectivity index is 1.82. The molecule has 0 spiro atoms. The predicted octanol–water partition coefficient (Wildman–Crippen LogP) is 5.70. The highest BCUT2D eigenvalue weighted by Gasteiger charge is 2.15. The van der Waals surface area contributed by atoms with Gasteiger partial charge in [-0.25, -0.2) is 0 Å². The molecule has 0 radical (unpaired) electrons. The maximum Gasteiger partial charge on any atom is 0.0625 e. The van der Waals surface area contributed by atoms with E-state index in [4.69, 9.17) is 11.6 Å². The van der Waals surface area contributed by atoms with Crippen molar-refractivity contribution in [3.05, 3.63) is 69.8 Å². The van der Waals surface area contributed by atoms with E-state index in [1.165, 1.54) is 59.1 Å². The molecule has 0 amide bonds. The molecule has 1 heteroatoms. The standard InChI is InChI=1S/C20H23Cl/c1-14-7-8-15(2)19(11-14)13-20(21)18-10-9-16-5-3-4-6-17(16)12-18/h7-12,20H,3-6,13H2,1-2H3. The lowest BCUT2D eigenvalue weighted by atomic mass is 9.89. The summed E-state index contributed by atoms with van der Waals surface area (Å²) in [5, 5.41) is 0.0673. The zero-order valence-electron chi connectivity index (χ0n) is 13.0. The van der Waals surface area contributed by atoms with Crippen LogP contribution in [-0.2, 0) is 19.3 Å². The molecule has 1 aliphatic carbocycles. The Kier molecular flexibility index (Phi) is 4.35. The Labute approximate surface area is 133 Å². The predicted molar refractivity (Wildman–Crippen MR) is 91.3 cm³/mol. The van der Waals surface area contributed by atoms with Crippen LogP contribution in [0.5, 0.6) is 0 Å². The summed E-state index contributed by atoms with van der Waals surface area (Å²) in [7, 11) is 0. The minimum atomic E-state index is 0.0673. The molecule has 0 saturated carbocycles. The van der Waals surface area contributed by atoms with Gasteiger partial charge in [-0.05, 0) is 73.8 Å². The second-order valence-corrected chi connectivity index (χ2v) is 6.86. The Hall–Kier alpha value is -1.27. The van der Waals surface area contributed by atoms with Crippen molar-refractivity contribution in [1.82, 2.24) is 0 Å². The van der Waals surface area contributed by atoms with Crippen molar-refractivity contribution < 1.29 is 0 Å². The summed E-state index contributed by atoms with van der Waals surface area (Å²) in [5.41, 5.74) is 8.34. The van der Waals surface area contributed by atoms with Crippen LogP contribution in [0.1, 0.15) is 51.6 Å². The molecule has 0 heterocycles. The average molecular weight is 299 g/mol. The van der Waals surface area contributed by atoms with E-state index in [1.807, 2.05) is 0 Å². The molecular weight excluding hydrogens is 276 g/mol. The van der Waals surface area contributed by atoms with Gasteiger partial charge in [-0.2, -0.15) is 0 Å². The summed E-state index contributed by atoms with van der Waals surface area (Å²) < 4.78 is 0. The quantitative estimate of drug-likeness (QED) is 0.637. The van der Waals surface area contributed by atoms with Gasteiger partial charge in [0.05, 0.1) is 5.38 Å². The van der Waals surface area contributed by atoms with Gasteiger partial charge in [-0.1, -0.05) is 42.0 Å². The lowest BCUT2D eigenvalue weighted by molar-refractivity contribution is 0.683. The van der Waals surface area contributed by atoms with E-state index in [2.05, 4.69) is 50.2 Å². The van der Waals surface area contributed by atoms with E-state index < -0.39 is 0 Å². The highest BCUT2D eigenvalue weighted by molar-refractivity contribution is 6.20. The molecule has 1 atom stereocenters. The van der Waals surface area contributed by atoms with Crippen LogP contribution in [0.3, 0.4) is 0 Å². The van der Waals surface area contributed by atoms with Crippen molar-refractivity contribution >= 4 is 11.6 Å². The van der Waals surface area contributed by atoms with Crippen LogP contribution in [0.2, 0.25) is 0 Å². The van der Waals surface area contributed by atoms with E-state index in [1.54, 1.807) is 0 Å². The fraction of sp³-hybridized carbons (Fsp3) is 0.400. The van der Waals surface area contributed by atoms with Crippen molar-refractivity contribution in [3.8, 4) is 0 Å². The Bertz CT molecular complexity index is 642. The normalized spacial score (nSPS) is 15.6. The molecule has 1 aliphatic rings. The van der Waals surface area contributed by atoms with Crippen molar-refractivity contribution in [2.75, 3.05) is 0 Å². The fourth-order valence-electron chi connectivity index (χ4n) is 3.28. The molecule has 1 unspecified atom stereocenters. The third-order valence-corrected chi connectivity index (χ3v) is 5.04. The molecule has 2 aromatic rings. The molecule has 0 N–H and O–H groups in total. The van der Waals surface area contributed by atoms with E-state index in [-0.39, 0.29) is 5.38 Å². The Morgan fingerprint density at radius 3 is 2.52 bits per heavy atom. The van der Waals surface area contributed by atoms with Crippen molar-refractivity contribution in [1.29, 1.82) is 0 Å². The van der Waals surface area contributed by atoms with Gasteiger partial charge in [-0.15, -0.1) is 11.6 Å². The van der Waals surface area contributed by atoms with Gasteiger partial charge in [0.25, 0.3) is 0 Å². The van der Waals surface area contributed by atoms with E-state index >= 15 is 0 Å². The Morgan fingerprint density at radius 1 is 0.952 bits per heavy atom. The number of alkyl halides is 1. The summed E-state index contributed by atoms with van der Waals surface area (Å²) in [6, 6.07) is 13.5. The number of hydrogen-bond donors (Lipinski definition) is 0. The van der Waals surface area contributed by atoms with Gasteiger partial charge in [-0.3, -0.25) is 0 Å². The first-order chi connectivity index (χ1) is 10.1. The molecule has 3 rings (SSSR count). The zero-order chi connectivity index (χ0) is 14.8. The first-order valence-electron chi connectivity index (χ1n) is 7.95. The van der Waals surface area contributed by atoms with E-state index in [0.29, 0.717) is 0 Å². The number of fused-ring (bicyclic) bond motifs is 1. The second-order valence-electron chi connectivity index (χ2n) is 6.34. The topological polar surface area (TPSA) is 0 Å². The summed E-state index contributed by atoms with van der Waals surface area (Å²) >= 11 is 6.71. The molecule has 2 aromatic carbocycles. The minimum absolute atomic E-state index is 0.0673. The van der Waals surface area contributed by atoms with Crippen LogP contribution in [0.4, 0.5) is 0 Å². The van der Waals surface area contributed by atoms with Gasteiger partial charge in [0.2, 0.25) is 0 Å². The third-order valence-electron chi connectivity index (χ3n) is 4.64. The van der Waals surface area contributed by atoms with Crippen LogP contribution in [0, 0.1) is 13.8 Å². The number of rotatable bonds is 3. The van der Waals surface area contributed by atoms with E-state index in [0.717, 1.165) is 6.42 Å². The number of aryl methyl sites for hydroxylation is 4. The van der Waals surface area contributed by atoms with Crippen molar-refractivity contribution in [2.45, 2.75) is 51.3 Å². The van der Waals surface area contributed by atoms with Crippen LogP contribution >= 0.6 is 11.6 Å². The second kappa shape index (κ2) is 6.23. The van der Waals surface area contributed by atoms with Gasteiger partial charge in [0.1, 0.15) is 0 Å². The summed E-state index contributed by atoms with van der Waals surface area (Å²) in [6.45, 7) is 4.32. The highest BCUT2D eigenvalue weighted by atomic mass is 35.5. The first-order valence-corrected chi connectivity index (χ1v) is 8.39. The lowest BCUT2D eigenvalue weighted by Gasteiger charge is -2.19.